The average molecular weight is 1670 g/mol. The van der Waals surface area contributed by atoms with E-state index in [2.05, 4.69) is 315 Å². The van der Waals surface area contributed by atoms with Gasteiger partial charge in [-0.1, -0.05) is 266 Å². The van der Waals surface area contributed by atoms with Crippen LogP contribution in [0.25, 0.3) is 22.2 Å². The highest BCUT2D eigenvalue weighted by Gasteiger charge is 2.45. The van der Waals surface area contributed by atoms with E-state index in [1.165, 1.54) is 83.6 Å². The molecular weight excluding hydrogens is 1560 g/mol. The van der Waals surface area contributed by atoms with Gasteiger partial charge in [0, 0.05) is 152 Å². The molecule has 19 heteroatoms. The first-order chi connectivity index (χ1) is 61.7. The summed E-state index contributed by atoms with van der Waals surface area (Å²) < 4.78 is 4.33. The molecule has 6 aliphatic heterocycles. The van der Waals surface area contributed by atoms with Gasteiger partial charge in [0.1, 0.15) is 12.4 Å². The SMILES string of the molecule is C=C1NN=C2c3c(cccc31)CC(c1ccc(CN(CC)CC)cc1)C2c1cccc(CN(CC)CC)c1.C=C1NN=C2c3c(cccc31)CC(c1ccccc1)C2c1cncn1C.CCCn1ccnc1C1C2=NCC(=O)c3cccc(c32)NC1c1ccccc1.CN1CCN(Cc2cccc(C3c4n[nH]c(=O)c5cccc(c45)NC3c3ccccc3)c2)CC1. The van der Waals surface area contributed by atoms with E-state index in [1.807, 2.05) is 73.4 Å². The number of hydrazone groups is 2. The first-order valence-corrected chi connectivity index (χ1v) is 45.0. The summed E-state index contributed by atoms with van der Waals surface area (Å²) in [6.45, 7) is 32.2. The molecule has 10 aromatic carbocycles. The number of rotatable bonds is 20. The van der Waals surface area contributed by atoms with Gasteiger partial charge in [0.05, 0.1) is 75.8 Å². The zero-order valence-electron chi connectivity index (χ0n) is 73.4. The highest BCUT2D eigenvalue weighted by molar-refractivity contribution is 6.21. The van der Waals surface area contributed by atoms with E-state index in [0.717, 1.165) is 171 Å². The highest BCUT2D eigenvalue weighted by Crippen LogP contribution is 2.51. The quantitative estimate of drug-likeness (QED) is 0.0484. The summed E-state index contributed by atoms with van der Waals surface area (Å²) in [5.41, 5.74) is 36.3. The third kappa shape index (κ3) is 16.9. The van der Waals surface area contributed by atoms with Crippen molar-refractivity contribution >= 4 is 56.5 Å². The fourth-order valence-electron chi connectivity index (χ4n) is 20.4. The fraction of sp³-hybridized carbons (Fsp3) is 0.290. The molecule has 5 N–H and O–H groups in total. The first kappa shape index (κ1) is 83.8. The number of ketones is 1. The molecule has 0 bridgehead atoms. The number of anilines is 2. The molecule has 126 heavy (non-hydrogen) atoms. The van der Waals surface area contributed by atoms with Gasteiger partial charge in [0.15, 0.2) is 5.78 Å². The average Bonchev–Trinajstić information content (AvgIpc) is 1.01. The molecule has 8 unspecified atom stereocenters. The second kappa shape index (κ2) is 37.4. The molecular formula is C107H113N17O2. The number of hydrogen-bond acceptors (Lipinski definition) is 16. The van der Waals surface area contributed by atoms with E-state index in [9.17, 15) is 9.59 Å². The Labute approximate surface area is 739 Å². The number of benzene rings is 10. The van der Waals surface area contributed by atoms with Crippen molar-refractivity contribution in [2.24, 2.45) is 22.2 Å². The van der Waals surface area contributed by atoms with Gasteiger partial charge < -0.3 is 24.7 Å². The van der Waals surface area contributed by atoms with E-state index < -0.39 is 0 Å². The summed E-state index contributed by atoms with van der Waals surface area (Å²) >= 11 is 0. The molecule has 8 atom stereocenters. The zero-order chi connectivity index (χ0) is 86.5. The molecule has 3 aromatic heterocycles. The van der Waals surface area contributed by atoms with Crippen molar-refractivity contribution in [3.63, 3.8) is 0 Å². The van der Waals surface area contributed by atoms with Crippen LogP contribution in [-0.2, 0) is 46.1 Å². The van der Waals surface area contributed by atoms with Crippen LogP contribution < -0.4 is 27.0 Å². The maximum atomic E-state index is 12.6. The van der Waals surface area contributed by atoms with Crippen molar-refractivity contribution in [2.75, 3.05) is 76.6 Å². The van der Waals surface area contributed by atoms with Gasteiger partial charge >= 0.3 is 0 Å². The Bertz CT molecular complexity index is 6290. The maximum Gasteiger partial charge on any atom is 0.272 e. The fourth-order valence-corrected chi connectivity index (χ4v) is 20.4. The third-order valence-corrected chi connectivity index (χ3v) is 26.9. The Morgan fingerprint density at radius 2 is 1.02 bits per heavy atom. The summed E-state index contributed by atoms with van der Waals surface area (Å²) in [5, 5.41) is 26.2. The predicted octanol–water partition coefficient (Wildman–Crippen LogP) is 18.8. The lowest BCUT2D eigenvalue weighted by molar-refractivity contribution is 0.0999. The van der Waals surface area contributed by atoms with Gasteiger partial charge in [0.2, 0.25) is 0 Å². The molecule has 0 radical (unpaired) electrons. The van der Waals surface area contributed by atoms with Crippen LogP contribution in [0.3, 0.4) is 0 Å². The molecule has 0 saturated carbocycles. The molecule has 13 aromatic rings. The number of imidazole rings is 2. The molecule has 0 amide bonds. The number of aromatic amines is 1. The van der Waals surface area contributed by atoms with E-state index >= 15 is 0 Å². The lowest BCUT2D eigenvalue weighted by atomic mass is 9.67. The van der Waals surface area contributed by atoms with Crippen LogP contribution in [0.4, 0.5) is 11.4 Å². The highest BCUT2D eigenvalue weighted by atomic mass is 16.1. The summed E-state index contributed by atoms with van der Waals surface area (Å²) in [7, 11) is 4.25. The Hall–Kier alpha value is -13.0. The van der Waals surface area contributed by atoms with Crippen LogP contribution in [0.1, 0.15) is 205 Å². The van der Waals surface area contributed by atoms with Crippen molar-refractivity contribution in [3.05, 3.63) is 397 Å². The van der Waals surface area contributed by atoms with Crippen molar-refractivity contribution in [1.82, 2.24) is 59.8 Å². The third-order valence-electron chi connectivity index (χ3n) is 26.9. The van der Waals surface area contributed by atoms with Crippen molar-refractivity contribution < 1.29 is 4.79 Å². The van der Waals surface area contributed by atoms with Gasteiger partial charge in [-0.05, 0) is 132 Å². The second-order valence-corrected chi connectivity index (χ2v) is 34.5. The van der Waals surface area contributed by atoms with Crippen LogP contribution in [0.15, 0.2) is 295 Å². The number of likely N-dealkylation sites (N-methyl/N-ethyl adjacent to an activating group) is 1. The minimum Gasteiger partial charge on any atom is -0.377 e. The minimum atomic E-state index is -0.150. The van der Waals surface area contributed by atoms with E-state index in [4.69, 9.17) is 20.2 Å². The number of Topliss-reactive ketones (excluding diaryl/α,β-unsaturated/α-hetero) is 1. The first-order valence-electron chi connectivity index (χ1n) is 45.0. The van der Waals surface area contributed by atoms with Crippen LogP contribution in [0.5, 0.6) is 0 Å². The largest absolute Gasteiger partial charge is 0.377 e. The van der Waals surface area contributed by atoms with E-state index in [0.29, 0.717) is 17.2 Å². The maximum absolute atomic E-state index is 12.6. The normalized spacial score (nSPS) is 20.0. The van der Waals surface area contributed by atoms with Gasteiger partial charge in [-0.3, -0.25) is 40.1 Å². The number of carbonyl (C=O) groups excluding carboxylic acids is 1. The minimum absolute atomic E-state index is 0.00825. The number of aliphatic imine (C=N–C) groups is 1. The summed E-state index contributed by atoms with van der Waals surface area (Å²) in [6, 6.07) is 84.1. The number of nitrogens with zero attached hydrogens (tertiary/aromatic N) is 12. The second-order valence-electron chi connectivity index (χ2n) is 34.5. The Morgan fingerprint density at radius 1 is 0.492 bits per heavy atom. The molecule has 0 spiro atoms. The smallest absolute Gasteiger partial charge is 0.272 e. The number of nitrogens with one attached hydrogen (secondary N) is 5. The standard InChI is InChI=1S/C34H42N4.C28H29N5O.C23H22N4O.C22H20N4/c1-6-37(7-2)22-25-16-18-27(19-17-25)31-21-29-14-11-15-30-24(5)35-36-34(32(29)30)33(31)28-13-10-12-26(20-28)23-38(8-3)9-4;1-32-13-15-33(16-14-32)18-19-7-5-10-21(17-19)24-26(20-8-3-2-4-9-20)29-23-12-6-11-22-25(23)27(24)30-31-28(22)34;1-2-12-27-13-11-24-23(27)20-21(15-7-4-3-5-8-15)26-17-10-6-9-16-18(28)14-25-22(20)19(16)17;1-14-17-10-6-9-16-11-18(15-7-4-3-5-8-15)21(19-12-23-13-26(19)2)22(20(16)17)25-24-14/h10-20,31,33,35H,5-9,21-23H2,1-4H3;2-12,17,24,26,29H,13-16,18H2,1H3,(H,31,34);3-11,13,20-21,26H,2,12,14H2,1H3;3-10,12-13,18,21,24H,1,11H2,2H3. The molecule has 1 saturated heterocycles. The predicted molar refractivity (Wildman–Crippen MR) is 511 cm³/mol. The zero-order valence-corrected chi connectivity index (χ0v) is 73.4. The number of piperazine rings is 1. The van der Waals surface area contributed by atoms with Crippen molar-refractivity contribution in [3.8, 4) is 0 Å². The van der Waals surface area contributed by atoms with Crippen LogP contribution >= 0.6 is 0 Å². The van der Waals surface area contributed by atoms with E-state index in [-0.39, 0.29) is 53.6 Å². The summed E-state index contributed by atoms with van der Waals surface area (Å²) in [6.07, 6.45) is 10.8. The Kier molecular flexibility index (Phi) is 24.9. The number of aromatic nitrogens is 6. The van der Waals surface area contributed by atoms with Gasteiger partial charge in [-0.25, -0.2) is 15.1 Å². The molecule has 1 fully saturated rings. The molecule has 8 aliphatic rings. The topological polar surface area (TPSA) is 197 Å². The number of aryl methyl sites for hydroxylation is 2. The lowest BCUT2D eigenvalue weighted by Crippen LogP contribution is -2.43. The van der Waals surface area contributed by atoms with Gasteiger partial charge in [-0.2, -0.15) is 15.3 Å². The van der Waals surface area contributed by atoms with Crippen molar-refractivity contribution in [2.45, 2.75) is 128 Å². The molecule has 2 aliphatic carbocycles. The Balaban J connectivity index is 0.000000115. The molecule has 21 rings (SSSR count). The number of carbonyl (C=O) groups is 1. The van der Waals surface area contributed by atoms with Crippen LogP contribution in [0.2, 0.25) is 0 Å². The molecule has 19 nitrogen and oxygen atoms in total. The van der Waals surface area contributed by atoms with Gasteiger partial charge in [0.25, 0.3) is 5.56 Å². The molecule has 638 valence electrons. The Morgan fingerprint density at radius 3 is 1.65 bits per heavy atom. The van der Waals surface area contributed by atoms with E-state index in [1.54, 1.807) is 0 Å². The van der Waals surface area contributed by atoms with Crippen LogP contribution in [0, 0.1) is 0 Å². The van der Waals surface area contributed by atoms with Crippen LogP contribution in [-0.4, -0.2) is 138 Å². The monoisotopic (exact) mass is 1670 g/mol. The summed E-state index contributed by atoms with van der Waals surface area (Å²) in [5.74, 6) is 1.97. The summed E-state index contributed by atoms with van der Waals surface area (Å²) in [4.78, 5) is 48.8. The van der Waals surface area contributed by atoms with Gasteiger partial charge in [-0.15, -0.1) is 0 Å². The lowest BCUT2D eigenvalue weighted by Gasteiger charge is -2.38. The molecule has 9 heterocycles. The van der Waals surface area contributed by atoms with Crippen molar-refractivity contribution in [1.29, 1.82) is 0 Å². The number of hydrogen-bond donors (Lipinski definition) is 5. The number of H-pyrrole nitrogens is 1.